The van der Waals surface area contributed by atoms with Gasteiger partial charge in [0.1, 0.15) is 11.6 Å². The molecule has 0 saturated heterocycles. The van der Waals surface area contributed by atoms with Gasteiger partial charge in [-0.15, -0.1) is 0 Å². The van der Waals surface area contributed by atoms with E-state index < -0.39 is 28.7 Å². The molecule has 0 aliphatic carbocycles. The largest absolute Gasteiger partial charge is 0.496 e. The van der Waals surface area contributed by atoms with Crippen LogP contribution in [-0.2, 0) is 5.60 Å². The summed E-state index contributed by atoms with van der Waals surface area (Å²) < 4.78 is 58.6. The van der Waals surface area contributed by atoms with Crippen LogP contribution in [-0.4, -0.2) is 18.4 Å². The minimum atomic E-state index is -5.05. The summed E-state index contributed by atoms with van der Waals surface area (Å²) in [6.45, 7) is 0. The smallest absolute Gasteiger partial charge is 0.425 e. The summed E-state index contributed by atoms with van der Waals surface area (Å²) >= 11 is 0. The molecule has 0 aliphatic heterocycles. The number of rotatable bonds is 3. The Bertz CT molecular complexity index is 640. The number of ether oxygens (including phenoxy) is 1. The number of benzene rings is 2. The van der Waals surface area contributed by atoms with Gasteiger partial charge in [-0.05, 0) is 18.2 Å². The Balaban J connectivity index is 2.75. The van der Waals surface area contributed by atoms with Crippen LogP contribution in [0.25, 0.3) is 0 Å². The van der Waals surface area contributed by atoms with E-state index in [2.05, 4.69) is 0 Å². The minimum Gasteiger partial charge on any atom is -0.496 e. The molecular weight excluding hydrogens is 288 g/mol. The quantitative estimate of drug-likeness (QED) is 0.877. The molecule has 0 amide bonds. The first-order valence-electron chi connectivity index (χ1n) is 5.99. The molecule has 0 heterocycles. The first-order valence-corrected chi connectivity index (χ1v) is 5.99. The van der Waals surface area contributed by atoms with E-state index in [0.717, 1.165) is 24.3 Å². The fourth-order valence-corrected chi connectivity index (χ4v) is 2.13. The van der Waals surface area contributed by atoms with Crippen LogP contribution in [0.3, 0.4) is 0 Å². The molecule has 0 aliphatic rings. The maximum Gasteiger partial charge on any atom is 0.425 e. The van der Waals surface area contributed by atoms with E-state index in [0.29, 0.717) is 6.07 Å². The lowest BCUT2D eigenvalue weighted by Crippen LogP contribution is -2.43. The highest BCUT2D eigenvalue weighted by atomic mass is 19.4. The highest BCUT2D eigenvalue weighted by Crippen LogP contribution is 2.47. The first-order chi connectivity index (χ1) is 9.80. The van der Waals surface area contributed by atoms with Crippen molar-refractivity contribution < 1.29 is 27.4 Å². The molecule has 2 nitrogen and oxygen atoms in total. The number of para-hydroxylation sites is 1. The average Bonchev–Trinajstić information content (AvgIpc) is 2.45. The van der Waals surface area contributed by atoms with Gasteiger partial charge in [-0.1, -0.05) is 30.3 Å². The Kier molecular flexibility index (Phi) is 3.91. The Hall–Kier alpha value is -2.08. The maximum absolute atomic E-state index is 13.5. The SMILES string of the molecule is COc1ccccc1C(O)(c1cccc(F)c1)C(F)(F)F. The Labute approximate surface area is 118 Å². The van der Waals surface area contributed by atoms with Crippen molar-refractivity contribution in [2.45, 2.75) is 11.8 Å². The zero-order valence-corrected chi connectivity index (χ0v) is 11.0. The van der Waals surface area contributed by atoms with Crippen molar-refractivity contribution in [3.05, 3.63) is 65.5 Å². The van der Waals surface area contributed by atoms with E-state index in [4.69, 9.17) is 4.74 Å². The molecule has 0 spiro atoms. The predicted molar refractivity (Wildman–Crippen MR) is 68.4 cm³/mol. The average molecular weight is 300 g/mol. The van der Waals surface area contributed by atoms with E-state index in [-0.39, 0.29) is 5.75 Å². The fourth-order valence-electron chi connectivity index (χ4n) is 2.13. The monoisotopic (exact) mass is 300 g/mol. The molecule has 1 N–H and O–H groups in total. The van der Waals surface area contributed by atoms with Crippen molar-refractivity contribution in [3.8, 4) is 5.75 Å². The fraction of sp³-hybridized carbons (Fsp3) is 0.200. The number of hydrogen-bond acceptors (Lipinski definition) is 2. The second-order valence-electron chi connectivity index (χ2n) is 4.42. The molecule has 2 rings (SSSR count). The van der Waals surface area contributed by atoms with Gasteiger partial charge in [-0.2, -0.15) is 13.2 Å². The molecule has 21 heavy (non-hydrogen) atoms. The van der Waals surface area contributed by atoms with Gasteiger partial charge in [0.15, 0.2) is 0 Å². The summed E-state index contributed by atoms with van der Waals surface area (Å²) in [7, 11) is 1.20. The van der Waals surface area contributed by atoms with Crippen LogP contribution in [0.1, 0.15) is 11.1 Å². The van der Waals surface area contributed by atoms with Crippen LogP contribution in [0, 0.1) is 5.82 Å². The van der Waals surface area contributed by atoms with Gasteiger partial charge in [0, 0.05) is 11.1 Å². The third-order valence-electron chi connectivity index (χ3n) is 3.15. The van der Waals surface area contributed by atoms with Crippen molar-refractivity contribution in [1.82, 2.24) is 0 Å². The normalized spacial score (nSPS) is 14.6. The second-order valence-corrected chi connectivity index (χ2v) is 4.42. The maximum atomic E-state index is 13.5. The molecule has 2 aromatic rings. The summed E-state index contributed by atoms with van der Waals surface area (Å²) in [5.74, 6) is -1.01. The van der Waals surface area contributed by atoms with E-state index >= 15 is 0 Å². The number of aliphatic hydroxyl groups is 1. The van der Waals surface area contributed by atoms with E-state index in [1.165, 1.54) is 25.3 Å². The highest BCUT2D eigenvalue weighted by molar-refractivity contribution is 5.46. The molecule has 1 atom stereocenters. The predicted octanol–water partition coefficient (Wildman–Crippen LogP) is 3.63. The van der Waals surface area contributed by atoms with Gasteiger partial charge in [0.05, 0.1) is 7.11 Å². The Morgan fingerprint density at radius 1 is 1.00 bits per heavy atom. The highest BCUT2D eigenvalue weighted by Gasteiger charge is 2.57. The van der Waals surface area contributed by atoms with Crippen LogP contribution in [0.4, 0.5) is 17.6 Å². The molecule has 6 heteroatoms. The first kappa shape index (κ1) is 15.3. The summed E-state index contributed by atoms with van der Waals surface area (Å²) in [4.78, 5) is 0. The zero-order chi connectivity index (χ0) is 15.7. The van der Waals surface area contributed by atoms with Crippen LogP contribution >= 0.6 is 0 Å². The lowest BCUT2D eigenvalue weighted by Gasteiger charge is -2.32. The lowest BCUT2D eigenvalue weighted by molar-refractivity contribution is -0.248. The van der Waals surface area contributed by atoms with E-state index in [1.54, 1.807) is 0 Å². The number of halogens is 4. The molecule has 0 radical (unpaired) electrons. The molecule has 1 unspecified atom stereocenters. The number of alkyl halides is 3. The molecule has 0 saturated carbocycles. The topological polar surface area (TPSA) is 29.5 Å². The van der Waals surface area contributed by atoms with Crippen molar-refractivity contribution in [1.29, 1.82) is 0 Å². The van der Waals surface area contributed by atoms with Crippen LogP contribution < -0.4 is 4.74 Å². The van der Waals surface area contributed by atoms with Gasteiger partial charge < -0.3 is 9.84 Å². The standard InChI is InChI=1S/C15H12F4O2/c1-21-13-8-3-2-7-12(13)14(20,15(17,18)19)10-5-4-6-11(16)9-10/h2-9,20H,1H3. The van der Waals surface area contributed by atoms with Gasteiger partial charge in [-0.25, -0.2) is 4.39 Å². The summed E-state index contributed by atoms with van der Waals surface area (Å²) in [5, 5.41) is 10.4. The zero-order valence-electron chi connectivity index (χ0n) is 11.0. The van der Waals surface area contributed by atoms with Crippen molar-refractivity contribution in [3.63, 3.8) is 0 Å². The number of methoxy groups -OCH3 is 1. The molecule has 2 aromatic carbocycles. The Morgan fingerprint density at radius 3 is 2.24 bits per heavy atom. The molecule has 112 valence electrons. The van der Waals surface area contributed by atoms with Gasteiger partial charge in [0.25, 0.3) is 0 Å². The van der Waals surface area contributed by atoms with Gasteiger partial charge >= 0.3 is 6.18 Å². The van der Waals surface area contributed by atoms with E-state index in [9.17, 15) is 22.7 Å². The minimum absolute atomic E-state index is 0.137. The summed E-state index contributed by atoms with van der Waals surface area (Å²) in [6.07, 6.45) is -5.05. The van der Waals surface area contributed by atoms with Crippen molar-refractivity contribution >= 4 is 0 Å². The van der Waals surface area contributed by atoms with Crippen LogP contribution in [0.5, 0.6) is 5.75 Å². The molecule has 0 aromatic heterocycles. The van der Waals surface area contributed by atoms with Gasteiger partial charge in [-0.3, -0.25) is 0 Å². The molecule has 0 fully saturated rings. The summed E-state index contributed by atoms with van der Waals surface area (Å²) in [6, 6.07) is 8.99. The Morgan fingerprint density at radius 2 is 1.67 bits per heavy atom. The van der Waals surface area contributed by atoms with Crippen molar-refractivity contribution in [2.24, 2.45) is 0 Å². The third-order valence-corrected chi connectivity index (χ3v) is 3.15. The number of hydrogen-bond donors (Lipinski definition) is 1. The second kappa shape index (κ2) is 5.37. The summed E-state index contributed by atoms with van der Waals surface area (Å²) in [5.41, 5.74) is -4.47. The van der Waals surface area contributed by atoms with Crippen LogP contribution in [0.15, 0.2) is 48.5 Å². The molecular formula is C15H12F4O2. The molecule has 0 bridgehead atoms. The van der Waals surface area contributed by atoms with Crippen LogP contribution in [0.2, 0.25) is 0 Å². The van der Waals surface area contributed by atoms with E-state index in [1.807, 2.05) is 0 Å². The third kappa shape index (κ3) is 2.58. The lowest BCUT2D eigenvalue weighted by atomic mass is 9.85. The van der Waals surface area contributed by atoms with Crippen molar-refractivity contribution in [2.75, 3.05) is 7.11 Å². The van der Waals surface area contributed by atoms with Gasteiger partial charge in [0.2, 0.25) is 5.60 Å².